The zero-order valence-corrected chi connectivity index (χ0v) is 38.2. The minimum absolute atomic E-state index is 0.503. The smallest absolute Gasteiger partial charge is 0.0385 e. The van der Waals surface area contributed by atoms with Gasteiger partial charge in [-0.1, -0.05) is 120 Å². The van der Waals surface area contributed by atoms with E-state index in [1.807, 2.05) is 54.6 Å². The van der Waals surface area contributed by atoms with Crippen LogP contribution >= 0.6 is 0 Å². The Bertz CT molecular complexity index is 2010. The fourth-order valence-electron chi connectivity index (χ4n) is 7.78. The number of nitrogens with one attached hydrogen (secondary N) is 6. The van der Waals surface area contributed by atoms with Gasteiger partial charge in [0.25, 0.3) is 0 Å². The molecular formula is C56H74N6. The maximum atomic E-state index is 3.64. The van der Waals surface area contributed by atoms with Gasteiger partial charge in [-0.3, -0.25) is 0 Å². The SMILES string of the molecule is CC(C)CC(C)Nc1ccc(Nc2ccccc2)cc1.CCCCCCC(C)Nc1ccc(Nc2ccccc2)cc1.c1ccc(Nc2ccc(NC3CCCCC3)cc2)cc1. The number of rotatable bonds is 19. The molecule has 2 atom stereocenters. The number of hydrogen-bond acceptors (Lipinski definition) is 6. The molecule has 1 aliphatic rings. The Hall–Kier alpha value is -5.88. The number of para-hydroxylation sites is 3. The lowest BCUT2D eigenvalue weighted by Gasteiger charge is -2.24. The van der Waals surface area contributed by atoms with E-state index in [-0.39, 0.29) is 0 Å². The monoisotopic (exact) mass is 831 g/mol. The van der Waals surface area contributed by atoms with Crippen molar-refractivity contribution >= 4 is 51.2 Å². The molecule has 2 unspecified atom stereocenters. The normalized spacial score (nSPS) is 13.3. The van der Waals surface area contributed by atoms with Gasteiger partial charge in [0.05, 0.1) is 0 Å². The lowest BCUT2D eigenvalue weighted by Crippen LogP contribution is -2.22. The van der Waals surface area contributed by atoms with E-state index in [1.54, 1.807) is 0 Å². The molecule has 0 heterocycles. The van der Waals surface area contributed by atoms with Crippen LogP contribution in [0.25, 0.3) is 0 Å². The summed E-state index contributed by atoms with van der Waals surface area (Å²) in [6.07, 6.45) is 14.5. The van der Waals surface area contributed by atoms with Crippen molar-refractivity contribution in [2.75, 3.05) is 31.9 Å². The standard InChI is InChI=1S/C20H28N2.C18H22N2.C18H24N2/c1-3-4-5-7-10-17(2)21-19-13-15-20(16-14-19)22-18-11-8-6-9-12-18;1-3-7-15(8-4-1)19-17-11-13-18(14-12-17)20-16-9-5-2-6-10-16;1-14(2)13-15(3)19-17-9-11-18(12-10-17)20-16-7-5-4-6-8-16/h6,8-9,11-17,21-22H,3-5,7,10H2,1-2H3;1,3-4,7-8,11-14,16,19-20H,2,5-6,9-10H2;4-12,14-15,19-20H,13H2,1-3H3. The Morgan fingerprint density at radius 2 is 0.774 bits per heavy atom. The van der Waals surface area contributed by atoms with Crippen molar-refractivity contribution in [2.24, 2.45) is 5.92 Å². The van der Waals surface area contributed by atoms with Gasteiger partial charge >= 0.3 is 0 Å². The highest BCUT2D eigenvalue weighted by atomic mass is 14.9. The van der Waals surface area contributed by atoms with Gasteiger partial charge in [0, 0.05) is 69.3 Å². The Labute approximate surface area is 374 Å². The average Bonchev–Trinajstić information content (AvgIpc) is 3.29. The van der Waals surface area contributed by atoms with Crippen LogP contribution in [0.2, 0.25) is 0 Å². The zero-order chi connectivity index (χ0) is 43.6. The first-order valence-electron chi connectivity index (χ1n) is 23.4. The first-order chi connectivity index (χ1) is 30.3. The number of anilines is 9. The molecule has 0 spiro atoms. The molecule has 6 heteroatoms. The van der Waals surface area contributed by atoms with Gasteiger partial charge in [0.2, 0.25) is 0 Å². The van der Waals surface area contributed by atoms with Crippen LogP contribution in [0.3, 0.4) is 0 Å². The molecule has 6 aromatic carbocycles. The predicted molar refractivity (Wildman–Crippen MR) is 273 cm³/mol. The molecule has 0 radical (unpaired) electrons. The third kappa shape index (κ3) is 18.8. The molecule has 6 N–H and O–H groups in total. The topological polar surface area (TPSA) is 72.2 Å². The molecule has 1 aliphatic carbocycles. The summed E-state index contributed by atoms with van der Waals surface area (Å²) in [6.45, 7) is 11.3. The summed E-state index contributed by atoms with van der Waals surface area (Å²) in [7, 11) is 0. The van der Waals surface area contributed by atoms with Crippen molar-refractivity contribution in [3.05, 3.63) is 164 Å². The fraction of sp³-hybridized carbons (Fsp3) is 0.357. The molecule has 328 valence electrons. The Morgan fingerprint density at radius 1 is 0.403 bits per heavy atom. The highest BCUT2D eigenvalue weighted by Gasteiger charge is 2.12. The van der Waals surface area contributed by atoms with Crippen LogP contribution in [-0.4, -0.2) is 18.1 Å². The first-order valence-corrected chi connectivity index (χ1v) is 23.4. The largest absolute Gasteiger partial charge is 0.383 e. The maximum Gasteiger partial charge on any atom is 0.0385 e. The Kier molecular flexibility index (Phi) is 20.7. The summed E-state index contributed by atoms with van der Waals surface area (Å²) in [4.78, 5) is 0. The van der Waals surface area contributed by atoms with Gasteiger partial charge in [-0.15, -0.1) is 0 Å². The second-order valence-electron chi connectivity index (χ2n) is 17.3. The maximum absolute atomic E-state index is 3.64. The van der Waals surface area contributed by atoms with Gasteiger partial charge in [-0.05, 0) is 155 Å². The molecular weight excluding hydrogens is 757 g/mol. The van der Waals surface area contributed by atoms with Crippen molar-refractivity contribution in [2.45, 2.75) is 123 Å². The number of hydrogen-bond donors (Lipinski definition) is 6. The quantitative estimate of drug-likeness (QED) is 0.0457. The summed E-state index contributed by atoms with van der Waals surface area (Å²) in [6, 6.07) is 58.1. The second-order valence-corrected chi connectivity index (χ2v) is 17.3. The summed E-state index contributed by atoms with van der Waals surface area (Å²) in [5.41, 5.74) is 10.3. The van der Waals surface area contributed by atoms with Crippen LogP contribution in [0, 0.1) is 5.92 Å². The molecule has 7 rings (SSSR count). The van der Waals surface area contributed by atoms with Gasteiger partial charge < -0.3 is 31.9 Å². The van der Waals surface area contributed by atoms with Gasteiger partial charge in [-0.25, -0.2) is 0 Å². The van der Waals surface area contributed by atoms with E-state index in [4.69, 9.17) is 0 Å². The van der Waals surface area contributed by atoms with Crippen LogP contribution in [0.4, 0.5) is 51.2 Å². The number of benzene rings is 6. The van der Waals surface area contributed by atoms with Crippen LogP contribution in [0.15, 0.2) is 164 Å². The molecule has 6 aromatic rings. The molecule has 0 bridgehead atoms. The van der Waals surface area contributed by atoms with E-state index in [9.17, 15) is 0 Å². The molecule has 62 heavy (non-hydrogen) atoms. The van der Waals surface area contributed by atoms with Crippen LogP contribution < -0.4 is 31.9 Å². The third-order valence-electron chi connectivity index (χ3n) is 11.0. The molecule has 0 aromatic heterocycles. The zero-order valence-electron chi connectivity index (χ0n) is 38.2. The molecule has 1 fully saturated rings. The minimum atomic E-state index is 0.503. The molecule has 0 saturated heterocycles. The molecule has 0 aliphatic heterocycles. The van der Waals surface area contributed by atoms with E-state index in [0.717, 1.165) is 40.0 Å². The van der Waals surface area contributed by atoms with Crippen molar-refractivity contribution in [1.82, 2.24) is 0 Å². The predicted octanol–water partition coefficient (Wildman–Crippen LogP) is 16.7. The van der Waals surface area contributed by atoms with E-state index >= 15 is 0 Å². The van der Waals surface area contributed by atoms with Crippen LogP contribution in [0.5, 0.6) is 0 Å². The summed E-state index contributed by atoms with van der Waals surface area (Å²) < 4.78 is 0. The van der Waals surface area contributed by atoms with E-state index in [0.29, 0.717) is 18.1 Å². The van der Waals surface area contributed by atoms with Crippen molar-refractivity contribution < 1.29 is 0 Å². The molecule has 6 nitrogen and oxygen atoms in total. The van der Waals surface area contributed by atoms with Crippen LogP contribution in [0.1, 0.15) is 105 Å². The lowest BCUT2D eigenvalue weighted by atomic mass is 9.95. The summed E-state index contributed by atoms with van der Waals surface area (Å²) in [5.74, 6) is 0.719. The Balaban J connectivity index is 0.000000176. The summed E-state index contributed by atoms with van der Waals surface area (Å²) >= 11 is 0. The molecule has 1 saturated carbocycles. The van der Waals surface area contributed by atoms with Crippen molar-refractivity contribution in [3.63, 3.8) is 0 Å². The lowest BCUT2D eigenvalue weighted by molar-refractivity contribution is 0.463. The van der Waals surface area contributed by atoms with E-state index < -0.39 is 0 Å². The van der Waals surface area contributed by atoms with E-state index in [1.165, 1.54) is 87.7 Å². The van der Waals surface area contributed by atoms with Crippen molar-refractivity contribution in [3.8, 4) is 0 Å². The Morgan fingerprint density at radius 3 is 1.18 bits per heavy atom. The minimum Gasteiger partial charge on any atom is -0.383 e. The summed E-state index contributed by atoms with van der Waals surface area (Å²) in [5, 5.41) is 21.0. The van der Waals surface area contributed by atoms with E-state index in [2.05, 4.69) is 176 Å². The van der Waals surface area contributed by atoms with Gasteiger partial charge in [0.15, 0.2) is 0 Å². The fourth-order valence-corrected chi connectivity index (χ4v) is 7.78. The highest BCUT2D eigenvalue weighted by molar-refractivity contribution is 5.64. The third-order valence-corrected chi connectivity index (χ3v) is 11.0. The second kappa shape index (κ2) is 27.1. The van der Waals surface area contributed by atoms with Gasteiger partial charge in [-0.2, -0.15) is 0 Å². The highest BCUT2D eigenvalue weighted by Crippen LogP contribution is 2.25. The average molecular weight is 831 g/mol. The van der Waals surface area contributed by atoms with Crippen LogP contribution in [-0.2, 0) is 0 Å². The molecule has 0 amide bonds. The first kappa shape index (κ1) is 47.2. The van der Waals surface area contributed by atoms with Crippen molar-refractivity contribution in [1.29, 1.82) is 0 Å². The number of unbranched alkanes of at least 4 members (excludes halogenated alkanes) is 3. The van der Waals surface area contributed by atoms with Gasteiger partial charge in [0.1, 0.15) is 0 Å².